The first-order valence-corrected chi connectivity index (χ1v) is 10.6. The third-order valence-corrected chi connectivity index (χ3v) is 5.81. The highest BCUT2D eigenvalue weighted by atomic mass is 35.5. The number of benzene rings is 2. The van der Waals surface area contributed by atoms with Gasteiger partial charge in [0.25, 0.3) is 23.6 Å². The first-order chi connectivity index (χ1) is 15.8. The first kappa shape index (κ1) is 22.2. The summed E-state index contributed by atoms with van der Waals surface area (Å²) in [6.45, 7) is -0.629. The minimum atomic E-state index is -0.862. The number of anilines is 2. The van der Waals surface area contributed by atoms with Gasteiger partial charge in [0.1, 0.15) is 5.00 Å². The number of carbonyl (C=O) groups excluding carboxylic acids is 5. The zero-order chi connectivity index (χ0) is 23.7. The molecule has 3 N–H and O–H groups in total. The van der Waals surface area contributed by atoms with Crippen molar-refractivity contribution in [1.82, 2.24) is 0 Å². The summed E-state index contributed by atoms with van der Waals surface area (Å²) in [4.78, 5) is 62.3. The Balaban J connectivity index is 1.45. The van der Waals surface area contributed by atoms with Crippen molar-refractivity contribution in [3.05, 3.63) is 81.2 Å². The van der Waals surface area contributed by atoms with E-state index in [4.69, 9.17) is 22.1 Å². The van der Waals surface area contributed by atoms with Gasteiger partial charge in [-0.05, 0) is 53.9 Å². The normalized spacial score (nSPS) is 12.5. The molecule has 2 heterocycles. The van der Waals surface area contributed by atoms with Crippen molar-refractivity contribution in [1.29, 1.82) is 0 Å². The monoisotopic (exact) mass is 483 g/mol. The fourth-order valence-corrected chi connectivity index (χ4v) is 4.10. The van der Waals surface area contributed by atoms with Crippen LogP contribution in [0.1, 0.15) is 41.4 Å². The number of nitrogens with zero attached hydrogens (tertiary/aromatic N) is 1. The topological polar surface area (TPSA) is 136 Å². The Bertz CT molecular complexity index is 1320. The number of nitrogens with two attached hydrogens (primary N) is 1. The summed E-state index contributed by atoms with van der Waals surface area (Å²) in [6.07, 6.45) is 0. The maximum Gasteiger partial charge on any atom is 0.338 e. The molecule has 0 aliphatic carbocycles. The molecule has 0 radical (unpaired) electrons. The number of esters is 1. The second-order valence-corrected chi connectivity index (χ2v) is 8.19. The van der Waals surface area contributed by atoms with Crippen molar-refractivity contribution in [3.8, 4) is 0 Å². The molecule has 2 aromatic carbocycles. The summed E-state index contributed by atoms with van der Waals surface area (Å²) >= 11 is 6.96. The molecule has 0 saturated heterocycles. The lowest BCUT2D eigenvalue weighted by molar-refractivity contribution is -0.119. The fourth-order valence-electron chi connectivity index (χ4n) is 3.17. The summed E-state index contributed by atoms with van der Waals surface area (Å²) in [5.74, 6) is -3.36. The number of ether oxygens (including phenoxy) is 1. The quantitative estimate of drug-likeness (QED) is 0.408. The SMILES string of the molecule is NC(=O)c1ccsc1NC(=O)COC(=O)c1ccc2c(c1)C(=O)N(c1ccc(Cl)cc1)C2=O. The maximum absolute atomic E-state index is 12.8. The van der Waals surface area contributed by atoms with Crippen LogP contribution in [0.4, 0.5) is 10.7 Å². The molecule has 0 atom stereocenters. The van der Waals surface area contributed by atoms with E-state index in [-0.39, 0.29) is 27.3 Å². The van der Waals surface area contributed by atoms with E-state index in [9.17, 15) is 24.0 Å². The number of imide groups is 1. The number of rotatable bonds is 6. The highest BCUT2D eigenvalue weighted by molar-refractivity contribution is 7.14. The Hall–Kier alpha value is -4.02. The lowest BCUT2D eigenvalue weighted by Crippen LogP contribution is -2.29. The Morgan fingerprint density at radius 3 is 2.39 bits per heavy atom. The second kappa shape index (κ2) is 8.85. The van der Waals surface area contributed by atoms with Gasteiger partial charge in [0.2, 0.25) is 0 Å². The van der Waals surface area contributed by atoms with Crippen molar-refractivity contribution in [2.24, 2.45) is 5.73 Å². The van der Waals surface area contributed by atoms with Crippen molar-refractivity contribution in [3.63, 3.8) is 0 Å². The van der Waals surface area contributed by atoms with Crippen molar-refractivity contribution in [2.45, 2.75) is 0 Å². The van der Waals surface area contributed by atoms with Gasteiger partial charge in [0.05, 0.1) is 27.9 Å². The number of fused-ring (bicyclic) bond motifs is 1. The Morgan fingerprint density at radius 1 is 1.00 bits per heavy atom. The molecule has 33 heavy (non-hydrogen) atoms. The molecule has 4 rings (SSSR count). The highest BCUT2D eigenvalue weighted by Crippen LogP contribution is 2.30. The van der Waals surface area contributed by atoms with Crippen molar-refractivity contribution < 1.29 is 28.7 Å². The summed E-state index contributed by atoms with van der Waals surface area (Å²) < 4.78 is 5.00. The van der Waals surface area contributed by atoms with E-state index in [1.165, 1.54) is 36.4 Å². The van der Waals surface area contributed by atoms with E-state index >= 15 is 0 Å². The third-order valence-electron chi connectivity index (χ3n) is 4.73. The van der Waals surface area contributed by atoms with E-state index in [2.05, 4.69) is 5.32 Å². The van der Waals surface area contributed by atoms with Gasteiger partial charge in [0, 0.05) is 5.02 Å². The van der Waals surface area contributed by atoms with Crippen LogP contribution in [0.15, 0.2) is 53.9 Å². The molecule has 0 bridgehead atoms. The third kappa shape index (κ3) is 4.34. The summed E-state index contributed by atoms with van der Waals surface area (Å²) in [5.41, 5.74) is 5.89. The number of hydrogen-bond acceptors (Lipinski definition) is 7. The average Bonchev–Trinajstić information content (AvgIpc) is 3.35. The van der Waals surface area contributed by atoms with Crippen LogP contribution in [0.3, 0.4) is 0 Å². The fraction of sp³-hybridized carbons (Fsp3) is 0.0455. The predicted molar refractivity (Wildman–Crippen MR) is 121 cm³/mol. The largest absolute Gasteiger partial charge is 0.452 e. The maximum atomic E-state index is 12.8. The zero-order valence-corrected chi connectivity index (χ0v) is 18.2. The van der Waals surface area contributed by atoms with E-state index < -0.39 is 36.2 Å². The predicted octanol–water partition coefficient (Wildman–Crippen LogP) is 3.10. The Kier molecular flexibility index (Phi) is 5.95. The molecule has 0 fully saturated rings. The van der Waals surface area contributed by atoms with Crippen LogP contribution in [-0.4, -0.2) is 36.2 Å². The molecule has 9 nitrogen and oxygen atoms in total. The minimum Gasteiger partial charge on any atom is -0.452 e. The van der Waals surface area contributed by atoms with Gasteiger partial charge in [0.15, 0.2) is 6.61 Å². The molecule has 11 heteroatoms. The van der Waals surface area contributed by atoms with Crippen LogP contribution in [0.5, 0.6) is 0 Å². The van der Waals surface area contributed by atoms with Crippen LogP contribution in [0.25, 0.3) is 0 Å². The van der Waals surface area contributed by atoms with Gasteiger partial charge in [-0.1, -0.05) is 11.6 Å². The zero-order valence-electron chi connectivity index (χ0n) is 16.7. The molecule has 1 aliphatic heterocycles. The number of hydrogen-bond donors (Lipinski definition) is 2. The summed E-state index contributed by atoms with van der Waals surface area (Å²) in [7, 11) is 0. The Morgan fingerprint density at radius 2 is 1.70 bits per heavy atom. The first-order valence-electron chi connectivity index (χ1n) is 9.39. The number of carbonyl (C=O) groups is 5. The Labute approximate surface area is 195 Å². The van der Waals surface area contributed by atoms with Crippen LogP contribution in [0, 0.1) is 0 Å². The van der Waals surface area contributed by atoms with E-state index in [0.717, 1.165) is 16.2 Å². The molecule has 1 aromatic heterocycles. The van der Waals surface area contributed by atoms with E-state index in [1.54, 1.807) is 17.5 Å². The standard InChI is InChI=1S/C22H14ClN3O6S/c23-12-2-4-13(5-3-12)26-20(29)14-6-1-11(9-16(14)21(26)30)22(31)32-10-17(27)25-19-15(18(24)28)7-8-33-19/h1-9H,10H2,(H2,24,28)(H,25,27). The van der Waals surface area contributed by atoms with Crippen molar-refractivity contribution in [2.75, 3.05) is 16.8 Å². The molecular weight excluding hydrogens is 470 g/mol. The van der Waals surface area contributed by atoms with Crippen LogP contribution >= 0.6 is 22.9 Å². The lowest BCUT2D eigenvalue weighted by Gasteiger charge is -2.13. The summed E-state index contributed by atoms with van der Waals surface area (Å²) in [6, 6.07) is 11.6. The van der Waals surface area contributed by atoms with Crippen LogP contribution in [-0.2, 0) is 9.53 Å². The van der Waals surface area contributed by atoms with Crippen molar-refractivity contribution >= 4 is 63.2 Å². The van der Waals surface area contributed by atoms with E-state index in [1.807, 2.05) is 0 Å². The molecule has 4 amide bonds. The minimum absolute atomic E-state index is 0.00500. The highest BCUT2D eigenvalue weighted by Gasteiger charge is 2.37. The smallest absolute Gasteiger partial charge is 0.338 e. The number of thiophene rings is 1. The molecule has 166 valence electrons. The number of amides is 4. The summed E-state index contributed by atoms with van der Waals surface area (Å²) in [5, 5.41) is 4.73. The van der Waals surface area contributed by atoms with Gasteiger partial charge >= 0.3 is 5.97 Å². The van der Waals surface area contributed by atoms with Gasteiger partial charge in [-0.25, -0.2) is 9.69 Å². The molecule has 0 spiro atoms. The number of halogens is 1. The number of nitrogens with one attached hydrogen (secondary N) is 1. The van der Waals surface area contributed by atoms with Crippen LogP contribution in [0.2, 0.25) is 5.02 Å². The average molecular weight is 484 g/mol. The second-order valence-electron chi connectivity index (χ2n) is 6.83. The molecule has 1 aliphatic rings. The molecule has 0 saturated carbocycles. The lowest BCUT2D eigenvalue weighted by atomic mass is 10.1. The number of primary amides is 1. The van der Waals surface area contributed by atoms with Gasteiger partial charge in [-0.2, -0.15) is 0 Å². The van der Waals surface area contributed by atoms with Crippen LogP contribution < -0.4 is 16.0 Å². The van der Waals surface area contributed by atoms with Gasteiger partial charge in [-0.3, -0.25) is 19.2 Å². The molecule has 0 unspecified atom stereocenters. The van der Waals surface area contributed by atoms with Gasteiger partial charge in [-0.15, -0.1) is 11.3 Å². The molecular formula is C22H14ClN3O6S. The molecule has 3 aromatic rings. The van der Waals surface area contributed by atoms with Gasteiger partial charge < -0.3 is 15.8 Å². The van der Waals surface area contributed by atoms with E-state index in [0.29, 0.717) is 10.7 Å².